The summed E-state index contributed by atoms with van der Waals surface area (Å²) in [6.45, 7) is 0. The summed E-state index contributed by atoms with van der Waals surface area (Å²) in [5, 5.41) is 8.80. The van der Waals surface area contributed by atoms with Crippen LogP contribution in [0.5, 0.6) is 0 Å². The molecule has 0 saturated carbocycles. The van der Waals surface area contributed by atoms with Gasteiger partial charge in [0.2, 0.25) is 10.0 Å². The van der Waals surface area contributed by atoms with Crippen molar-refractivity contribution in [3.05, 3.63) is 24.0 Å². The van der Waals surface area contributed by atoms with E-state index in [4.69, 9.17) is 16.9 Å². The van der Waals surface area contributed by atoms with Gasteiger partial charge >= 0.3 is 0 Å². The molecule has 1 aromatic rings. The Morgan fingerprint density at radius 3 is 2.53 bits per heavy atom. The molecule has 1 aromatic heterocycles. The Balaban J connectivity index is 3.09. The fourth-order valence-electron chi connectivity index (χ4n) is 1.14. The van der Waals surface area contributed by atoms with Crippen LogP contribution in [0.3, 0.4) is 0 Å². The first-order valence-corrected chi connectivity index (χ1v) is 6.75. The molecule has 0 N–H and O–H groups in total. The summed E-state index contributed by atoms with van der Waals surface area (Å²) in [4.78, 5) is 4.05. The summed E-state index contributed by atoms with van der Waals surface area (Å²) in [7, 11) is -0.589. The molecule has 92 valence electrons. The first-order chi connectivity index (χ1) is 7.93. The maximum absolute atomic E-state index is 11.7. The lowest BCUT2D eigenvalue weighted by Crippen LogP contribution is -2.22. The molecule has 0 aliphatic carbocycles. The Morgan fingerprint density at radius 2 is 2.18 bits per heavy atom. The minimum absolute atomic E-state index is 0.0949. The summed E-state index contributed by atoms with van der Waals surface area (Å²) in [5.41, 5.74) is 0.472. The highest BCUT2D eigenvalue weighted by molar-refractivity contribution is 7.89. The van der Waals surface area contributed by atoms with Gasteiger partial charge in [0.05, 0.1) is 11.8 Å². The monoisotopic (exact) mass is 273 g/mol. The van der Waals surface area contributed by atoms with Crippen LogP contribution < -0.4 is 0 Å². The lowest BCUT2D eigenvalue weighted by molar-refractivity contribution is 0.520. The second kappa shape index (κ2) is 5.45. The molecule has 1 atom stereocenters. The van der Waals surface area contributed by atoms with Gasteiger partial charge in [0.25, 0.3) is 0 Å². The predicted octanol–water partition coefficient (Wildman–Crippen LogP) is 1.18. The number of aromatic nitrogens is 1. The molecule has 1 unspecified atom stereocenters. The summed E-state index contributed by atoms with van der Waals surface area (Å²) in [6, 6.07) is 4.93. The first-order valence-electron chi connectivity index (χ1n) is 4.77. The Hall–Kier alpha value is -1.16. The van der Waals surface area contributed by atoms with E-state index in [2.05, 4.69) is 4.98 Å². The second-order valence-electron chi connectivity index (χ2n) is 3.54. The number of rotatable bonds is 4. The van der Waals surface area contributed by atoms with Crippen molar-refractivity contribution < 1.29 is 8.42 Å². The predicted molar refractivity (Wildman–Crippen MR) is 64.2 cm³/mol. The molecule has 1 rings (SSSR count). The van der Waals surface area contributed by atoms with E-state index in [1.54, 1.807) is 0 Å². The quantitative estimate of drug-likeness (QED) is 0.772. The largest absolute Gasteiger partial charge is 0.258 e. The third-order valence-corrected chi connectivity index (χ3v) is 4.31. The highest BCUT2D eigenvalue weighted by Gasteiger charge is 2.18. The number of pyridine rings is 1. The van der Waals surface area contributed by atoms with Crippen molar-refractivity contribution >= 4 is 21.6 Å². The molecule has 0 bridgehead atoms. The molecule has 0 aromatic carbocycles. The van der Waals surface area contributed by atoms with Crippen LogP contribution in [0.15, 0.2) is 23.2 Å². The minimum atomic E-state index is -3.48. The third kappa shape index (κ3) is 2.94. The molecule has 0 saturated heterocycles. The van der Waals surface area contributed by atoms with E-state index in [1.807, 2.05) is 6.07 Å². The summed E-state index contributed by atoms with van der Waals surface area (Å²) >= 11 is 5.59. The molecule has 1 heterocycles. The van der Waals surface area contributed by atoms with E-state index in [0.29, 0.717) is 5.69 Å². The van der Waals surface area contributed by atoms with Crippen LogP contribution in [-0.2, 0) is 10.0 Å². The highest BCUT2D eigenvalue weighted by Crippen LogP contribution is 2.17. The summed E-state index contributed by atoms with van der Waals surface area (Å²) in [6.07, 6.45) is 1.24. The maximum Gasteiger partial charge on any atom is 0.244 e. The number of sulfonamides is 1. The van der Waals surface area contributed by atoms with Crippen molar-refractivity contribution in [3.8, 4) is 6.07 Å². The van der Waals surface area contributed by atoms with Gasteiger partial charge in [-0.05, 0) is 12.1 Å². The van der Waals surface area contributed by atoms with Crippen LogP contribution in [0.25, 0.3) is 0 Å². The van der Waals surface area contributed by atoms with Crippen molar-refractivity contribution in [1.82, 2.24) is 9.29 Å². The maximum atomic E-state index is 11.7. The van der Waals surface area contributed by atoms with E-state index < -0.39 is 15.9 Å². The number of alkyl halides is 1. The molecular formula is C10H12ClN3O2S. The van der Waals surface area contributed by atoms with E-state index >= 15 is 0 Å². The fourth-order valence-corrected chi connectivity index (χ4v) is 2.22. The Morgan fingerprint density at radius 1 is 1.53 bits per heavy atom. The van der Waals surface area contributed by atoms with Crippen LogP contribution in [0.4, 0.5) is 0 Å². The van der Waals surface area contributed by atoms with Gasteiger partial charge in [-0.2, -0.15) is 5.26 Å². The zero-order chi connectivity index (χ0) is 13.1. The van der Waals surface area contributed by atoms with Gasteiger partial charge in [-0.25, -0.2) is 12.7 Å². The number of hydrogen-bond acceptors (Lipinski definition) is 4. The average Bonchev–Trinajstić information content (AvgIpc) is 2.31. The van der Waals surface area contributed by atoms with Crippen LogP contribution in [0.1, 0.15) is 11.6 Å². The van der Waals surface area contributed by atoms with Crippen molar-refractivity contribution in [2.75, 3.05) is 20.0 Å². The zero-order valence-electron chi connectivity index (χ0n) is 9.46. The summed E-state index contributed by atoms with van der Waals surface area (Å²) < 4.78 is 24.6. The first kappa shape index (κ1) is 13.9. The molecule has 0 aliphatic heterocycles. The lowest BCUT2D eigenvalue weighted by atomic mass is 10.1. The smallest absolute Gasteiger partial charge is 0.244 e. The third-order valence-electron chi connectivity index (χ3n) is 2.20. The van der Waals surface area contributed by atoms with E-state index in [1.165, 1.54) is 32.4 Å². The van der Waals surface area contributed by atoms with Gasteiger partial charge in [-0.3, -0.25) is 4.98 Å². The number of hydrogen-bond donors (Lipinski definition) is 0. The van der Waals surface area contributed by atoms with Crippen LogP contribution in [0.2, 0.25) is 0 Å². The molecule has 7 heteroatoms. The topological polar surface area (TPSA) is 74.1 Å². The van der Waals surface area contributed by atoms with Crippen molar-refractivity contribution in [2.45, 2.75) is 10.8 Å². The highest BCUT2D eigenvalue weighted by atomic mass is 35.5. The van der Waals surface area contributed by atoms with Crippen molar-refractivity contribution in [3.63, 3.8) is 0 Å². The number of halogens is 1. The number of nitriles is 1. The lowest BCUT2D eigenvalue weighted by Gasteiger charge is -2.11. The van der Waals surface area contributed by atoms with Crippen LogP contribution >= 0.6 is 11.6 Å². The van der Waals surface area contributed by atoms with E-state index in [9.17, 15) is 8.42 Å². The molecule has 0 spiro atoms. The summed E-state index contributed by atoms with van der Waals surface area (Å²) in [5.74, 6) is -0.392. The molecule has 0 radical (unpaired) electrons. The second-order valence-corrected chi connectivity index (χ2v) is 6.00. The van der Waals surface area contributed by atoms with Crippen molar-refractivity contribution in [1.29, 1.82) is 5.26 Å². The van der Waals surface area contributed by atoms with Gasteiger partial charge in [-0.1, -0.05) is 0 Å². The van der Waals surface area contributed by atoms with Gasteiger partial charge < -0.3 is 0 Å². The van der Waals surface area contributed by atoms with Gasteiger partial charge in [-0.15, -0.1) is 11.6 Å². The van der Waals surface area contributed by atoms with Gasteiger partial charge in [0.1, 0.15) is 10.8 Å². The fraction of sp³-hybridized carbons (Fsp3) is 0.400. The average molecular weight is 274 g/mol. The molecule has 0 fully saturated rings. The zero-order valence-corrected chi connectivity index (χ0v) is 11.0. The van der Waals surface area contributed by atoms with Crippen molar-refractivity contribution in [2.24, 2.45) is 0 Å². The standard InChI is InChI=1S/C10H12ClN3O2S/c1-14(2)17(15,16)9-3-4-10(13-7-9)8(5-11)6-12/h3-4,7-8H,5H2,1-2H3. The molecule has 5 nitrogen and oxygen atoms in total. The molecular weight excluding hydrogens is 262 g/mol. The van der Waals surface area contributed by atoms with E-state index in [-0.39, 0.29) is 10.8 Å². The van der Waals surface area contributed by atoms with Gasteiger partial charge in [0.15, 0.2) is 0 Å². The van der Waals surface area contributed by atoms with E-state index in [0.717, 1.165) is 4.31 Å². The number of nitrogens with zero attached hydrogens (tertiary/aromatic N) is 3. The van der Waals surface area contributed by atoms with Crippen LogP contribution in [0, 0.1) is 11.3 Å². The Bertz CT molecular complexity index is 519. The SMILES string of the molecule is CN(C)S(=O)(=O)c1ccc(C(C#N)CCl)nc1. The Kier molecular flexibility index (Phi) is 4.46. The normalized spacial score (nSPS) is 13.4. The molecule has 17 heavy (non-hydrogen) atoms. The van der Waals surface area contributed by atoms with Crippen LogP contribution in [-0.4, -0.2) is 37.7 Å². The Labute approximate surface area is 106 Å². The van der Waals surface area contributed by atoms with Gasteiger partial charge in [0, 0.05) is 26.2 Å². The minimum Gasteiger partial charge on any atom is -0.258 e. The molecule has 0 aliphatic rings. The molecule has 0 amide bonds.